The number of ether oxygens (including phenoxy) is 2. The molecule has 0 atom stereocenters. The van der Waals surface area contributed by atoms with Crippen molar-refractivity contribution in [2.45, 2.75) is 19.8 Å². The van der Waals surface area contributed by atoms with E-state index in [1.807, 2.05) is 13.8 Å². The molecule has 0 fully saturated rings. The molecule has 2 aromatic rings. The fourth-order valence-electron chi connectivity index (χ4n) is 1.91. The summed E-state index contributed by atoms with van der Waals surface area (Å²) in [5.74, 6) is 1.16. The van der Waals surface area contributed by atoms with E-state index < -0.39 is 0 Å². The van der Waals surface area contributed by atoms with Crippen molar-refractivity contribution in [2.75, 3.05) is 17.8 Å². The third kappa shape index (κ3) is 3.99. The van der Waals surface area contributed by atoms with Gasteiger partial charge in [0.1, 0.15) is 5.69 Å². The minimum absolute atomic E-state index is 0. The van der Waals surface area contributed by atoms with Crippen LogP contribution in [0.4, 0.5) is 11.4 Å². The number of carbonyl (C=O) groups is 1. The summed E-state index contributed by atoms with van der Waals surface area (Å²) in [6.07, 6.45) is 0. The molecule has 1 amide bonds. The van der Waals surface area contributed by atoms with Crippen LogP contribution in [0, 0.1) is 0 Å². The Morgan fingerprint density at radius 2 is 1.96 bits per heavy atom. The van der Waals surface area contributed by atoms with E-state index in [9.17, 15) is 4.79 Å². The molecule has 23 heavy (non-hydrogen) atoms. The van der Waals surface area contributed by atoms with Crippen LogP contribution in [0.25, 0.3) is 0 Å². The molecule has 0 radical (unpaired) electrons. The van der Waals surface area contributed by atoms with Crippen molar-refractivity contribution >= 4 is 53.4 Å². The number of benzene rings is 1. The molecular weight excluding hydrogens is 361 g/mol. The number of anilines is 2. The molecule has 0 spiro atoms. The number of hydrogen-bond acceptors (Lipinski definition) is 6. The fourth-order valence-corrected chi connectivity index (χ4v) is 2.72. The Bertz CT molecular complexity index is 707. The number of aromatic nitrogens is 1. The van der Waals surface area contributed by atoms with Gasteiger partial charge in [-0.3, -0.25) is 4.79 Å². The van der Waals surface area contributed by atoms with Crippen molar-refractivity contribution < 1.29 is 14.3 Å². The van der Waals surface area contributed by atoms with Gasteiger partial charge in [0.15, 0.2) is 11.5 Å². The van der Waals surface area contributed by atoms with Gasteiger partial charge in [-0.25, -0.2) is 4.98 Å². The lowest BCUT2D eigenvalue weighted by Crippen LogP contribution is -2.13. The monoisotopic (exact) mass is 377 g/mol. The Hall–Kier alpha value is -1.70. The first-order chi connectivity index (χ1) is 10.0. The van der Waals surface area contributed by atoms with E-state index in [-0.39, 0.29) is 37.5 Å². The first kappa shape index (κ1) is 19.3. The van der Waals surface area contributed by atoms with Gasteiger partial charge in [0.05, 0.1) is 16.4 Å². The lowest BCUT2D eigenvalue weighted by molar-refractivity contribution is 0.102. The van der Waals surface area contributed by atoms with Crippen LogP contribution < -0.4 is 20.5 Å². The van der Waals surface area contributed by atoms with E-state index in [2.05, 4.69) is 10.3 Å². The normalized spacial score (nSPS) is 11.6. The molecule has 0 bridgehead atoms. The second-order valence-corrected chi connectivity index (χ2v) is 5.86. The maximum absolute atomic E-state index is 12.2. The van der Waals surface area contributed by atoms with Crippen LogP contribution in [0.5, 0.6) is 11.5 Å². The molecule has 3 N–H and O–H groups in total. The molecule has 1 aromatic carbocycles. The zero-order valence-corrected chi connectivity index (χ0v) is 14.9. The number of halogens is 2. The number of nitrogens with two attached hydrogens (primary N) is 1. The van der Waals surface area contributed by atoms with Gasteiger partial charge in [0, 0.05) is 23.4 Å². The highest BCUT2D eigenvalue weighted by Gasteiger charge is 2.19. The maximum Gasteiger partial charge on any atom is 0.275 e. The molecule has 0 aliphatic carbocycles. The minimum Gasteiger partial charge on any atom is -0.454 e. The van der Waals surface area contributed by atoms with Crippen LogP contribution in [0.2, 0.25) is 0 Å². The van der Waals surface area contributed by atoms with Gasteiger partial charge in [-0.15, -0.1) is 36.2 Å². The van der Waals surface area contributed by atoms with Crippen molar-refractivity contribution in [3.05, 3.63) is 28.2 Å². The summed E-state index contributed by atoms with van der Waals surface area (Å²) in [6, 6.07) is 3.30. The van der Waals surface area contributed by atoms with Crippen molar-refractivity contribution in [3.8, 4) is 11.5 Å². The number of rotatable bonds is 3. The molecule has 9 heteroatoms. The van der Waals surface area contributed by atoms with Crippen LogP contribution in [0.15, 0.2) is 17.5 Å². The number of nitrogen functional groups attached to an aromatic ring is 1. The number of fused-ring (bicyclic) bond motifs is 1. The van der Waals surface area contributed by atoms with Gasteiger partial charge < -0.3 is 20.5 Å². The fraction of sp³-hybridized carbons (Fsp3) is 0.286. The van der Waals surface area contributed by atoms with E-state index in [1.54, 1.807) is 17.5 Å². The Labute approximate surface area is 150 Å². The van der Waals surface area contributed by atoms with Gasteiger partial charge in [-0.2, -0.15) is 0 Å². The largest absolute Gasteiger partial charge is 0.454 e. The Morgan fingerprint density at radius 3 is 2.57 bits per heavy atom. The number of carbonyl (C=O) groups excluding carboxylic acids is 1. The molecule has 6 nitrogen and oxygen atoms in total. The van der Waals surface area contributed by atoms with E-state index in [0.717, 1.165) is 5.01 Å². The summed E-state index contributed by atoms with van der Waals surface area (Å²) >= 11 is 1.47. The van der Waals surface area contributed by atoms with Gasteiger partial charge in [0.25, 0.3) is 5.91 Å². The van der Waals surface area contributed by atoms with Crippen molar-refractivity contribution in [3.63, 3.8) is 0 Å². The van der Waals surface area contributed by atoms with Crippen molar-refractivity contribution in [1.82, 2.24) is 4.98 Å². The smallest absolute Gasteiger partial charge is 0.275 e. The third-order valence-electron chi connectivity index (χ3n) is 3.04. The molecule has 126 valence electrons. The SMILES string of the molecule is CC(C)c1nc(C(=O)Nc2cc3c(cc2N)OCO3)cs1.Cl.Cl. The van der Waals surface area contributed by atoms with Gasteiger partial charge in [0.2, 0.25) is 6.79 Å². The van der Waals surface area contributed by atoms with Crippen LogP contribution in [0.3, 0.4) is 0 Å². The number of nitrogens with zero attached hydrogens (tertiary/aromatic N) is 1. The first-order valence-corrected chi connectivity index (χ1v) is 7.38. The number of amides is 1. The molecule has 0 saturated heterocycles. The first-order valence-electron chi connectivity index (χ1n) is 6.50. The third-order valence-corrected chi connectivity index (χ3v) is 4.19. The Kier molecular flexibility index (Phi) is 6.49. The number of thiazole rings is 1. The van der Waals surface area contributed by atoms with Crippen molar-refractivity contribution in [1.29, 1.82) is 0 Å². The molecular formula is C14H17Cl2N3O3S. The Morgan fingerprint density at radius 1 is 1.30 bits per heavy atom. The second kappa shape index (κ2) is 7.72. The average Bonchev–Trinajstić information content (AvgIpc) is 3.07. The van der Waals surface area contributed by atoms with E-state index in [4.69, 9.17) is 15.2 Å². The van der Waals surface area contributed by atoms with Gasteiger partial charge in [-0.1, -0.05) is 13.8 Å². The zero-order valence-electron chi connectivity index (χ0n) is 12.5. The summed E-state index contributed by atoms with van der Waals surface area (Å²) in [6.45, 7) is 4.24. The number of nitrogens with one attached hydrogen (secondary N) is 1. The summed E-state index contributed by atoms with van der Waals surface area (Å²) < 4.78 is 10.5. The Balaban J connectivity index is 0.00000132. The average molecular weight is 378 g/mol. The minimum atomic E-state index is -0.288. The summed E-state index contributed by atoms with van der Waals surface area (Å²) in [4.78, 5) is 16.5. The van der Waals surface area contributed by atoms with Crippen LogP contribution in [-0.2, 0) is 0 Å². The molecule has 1 aromatic heterocycles. The predicted molar refractivity (Wildman–Crippen MR) is 95.6 cm³/mol. The van der Waals surface area contributed by atoms with Gasteiger partial charge >= 0.3 is 0 Å². The zero-order chi connectivity index (χ0) is 15.0. The maximum atomic E-state index is 12.2. The highest BCUT2D eigenvalue weighted by atomic mass is 35.5. The highest BCUT2D eigenvalue weighted by Crippen LogP contribution is 2.38. The lowest BCUT2D eigenvalue weighted by Gasteiger charge is -2.08. The molecule has 1 aliphatic heterocycles. The van der Waals surface area contributed by atoms with E-state index in [1.165, 1.54) is 11.3 Å². The molecule has 3 rings (SSSR count). The van der Waals surface area contributed by atoms with Gasteiger partial charge in [-0.05, 0) is 0 Å². The summed E-state index contributed by atoms with van der Waals surface area (Å²) in [5.41, 5.74) is 7.21. The van der Waals surface area contributed by atoms with Crippen LogP contribution in [-0.4, -0.2) is 17.7 Å². The quantitative estimate of drug-likeness (QED) is 0.796. The topological polar surface area (TPSA) is 86.5 Å². The molecule has 0 saturated carbocycles. The van der Waals surface area contributed by atoms with E-state index in [0.29, 0.717) is 34.5 Å². The van der Waals surface area contributed by atoms with Crippen molar-refractivity contribution in [2.24, 2.45) is 0 Å². The van der Waals surface area contributed by atoms with E-state index >= 15 is 0 Å². The summed E-state index contributed by atoms with van der Waals surface area (Å²) in [5, 5.41) is 5.43. The van der Waals surface area contributed by atoms with Crippen LogP contribution in [0.1, 0.15) is 35.3 Å². The molecule has 2 heterocycles. The molecule has 1 aliphatic rings. The molecule has 0 unspecified atom stereocenters. The predicted octanol–water partition coefficient (Wildman–Crippen LogP) is 3.67. The summed E-state index contributed by atoms with van der Waals surface area (Å²) in [7, 11) is 0. The standard InChI is InChI=1S/C14H15N3O3S.2ClH/c1-7(2)14-17-10(5-21-14)13(18)16-9-4-12-11(3-8(9)15)19-6-20-12;;/h3-5,7H,6,15H2,1-2H3,(H,16,18);2*1H. The number of hydrogen-bond donors (Lipinski definition) is 2. The highest BCUT2D eigenvalue weighted by molar-refractivity contribution is 7.09. The second-order valence-electron chi connectivity index (χ2n) is 4.97. The van der Waals surface area contributed by atoms with Crippen LogP contribution >= 0.6 is 36.2 Å². The lowest BCUT2D eigenvalue weighted by atomic mass is 10.2.